The van der Waals surface area contributed by atoms with Crippen LogP contribution in [0.3, 0.4) is 0 Å². The number of nitrogens with zero attached hydrogens (tertiary/aromatic N) is 2. The number of nitrogens with one attached hydrogen (secondary N) is 1. The van der Waals surface area contributed by atoms with Gasteiger partial charge in [-0.25, -0.2) is 4.98 Å². The van der Waals surface area contributed by atoms with E-state index >= 15 is 0 Å². The van der Waals surface area contributed by atoms with Crippen LogP contribution in [0.5, 0.6) is 0 Å². The Labute approximate surface area is 124 Å². The van der Waals surface area contributed by atoms with Crippen LogP contribution in [-0.4, -0.2) is 49.6 Å². The number of rotatable bonds is 5. The van der Waals surface area contributed by atoms with Crippen LogP contribution in [0.15, 0.2) is 30.3 Å². The van der Waals surface area contributed by atoms with Gasteiger partial charge in [-0.1, -0.05) is 18.2 Å². The first-order chi connectivity index (χ1) is 10.1. The van der Waals surface area contributed by atoms with Gasteiger partial charge in [0, 0.05) is 32.3 Å². The highest BCUT2D eigenvalue weighted by Gasteiger charge is 2.19. The number of carbonyl (C=O) groups is 1. The number of benzene rings is 1. The lowest BCUT2D eigenvalue weighted by atomic mass is 10.1. The van der Waals surface area contributed by atoms with Gasteiger partial charge in [0.05, 0.1) is 18.2 Å². The number of amides is 1. The first-order valence-corrected chi connectivity index (χ1v) is 6.92. The maximum atomic E-state index is 12.6. The Kier molecular flexibility index (Phi) is 4.75. The molecule has 0 aliphatic carbocycles. The van der Waals surface area contributed by atoms with E-state index in [0.717, 1.165) is 16.6 Å². The Morgan fingerprint density at radius 2 is 2.14 bits per heavy atom. The van der Waals surface area contributed by atoms with Crippen molar-refractivity contribution in [3.05, 3.63) is 36.0 Å². The van der Waals surface area contributed by atoms with E-state index in [0.29, 0.717) is 12.3 Å². The van der Waals surface area contributed by atoms with Gasteiger partial charge in [-0.2, -0.15) is 0 Å². The molecule has 0 aliphatic rings. The van der Waals surface area contributed by atoms with Gasteiger partial charge in [-0.05, 0) is 19.1 Å². The molecule has 0 bridgehead atoms. The van der Waals surface area contributed by atoms with Crippen LogP contribution in [0.2, 0.25) is 0 Å². The lowest BCUT2D eigenvalue weighted by molar-refractivity contribution is 0.0628. The standard InChI is InChI=1S/C16H21N3O2/c1-11(10-21-4)19(3)16(20)15-9-14(17-2)12-7-5-6-8-13(12)18-15/h5-9,11H,10H2,1-4H3,(H,17,18). The normalized spacial score (nSPS) is 12.2. The molecule has 1 N–H and O–H groups in total. The molecule has 1 heterocycles. The number of aromatic nitrogens is 1. The molecule has 112 valence electrons. The Morgan fingerprint density at radius 1 is 1.43 bits per heavy atom. The van der Waals surface area contributed by atoms with Crippen molar-refractivity contribution in [2.24, 2.45) is 0 Å². The van der Waals surface area contributed by atoms with Crippen LogP contribution in [0.25, 0.3) is 10.9 Å². The largest absolute Gasteiger partial charge is 0.388 e. The van der Waals surface area contributed by atoms with Crippen LogP contribution < -0.4 is 5.32 Å². The van der Waals surface area contributed by atoms with Crippen molar-refractivity contribution in [3.63, 3.8) is 0 Å². The fraction of sp³-hybridized carbons (Fsp3) is 0.375. The summed E-state index contributed by atoms with van der Waals surface area (Å²) in [4.78, 5) is 18.7. The predicted molar refractivity (Wildman–Crippen MR) is 84.7 cm³/mol. The van der Waals surface area contributed by atoms with E-state index in [4.69, 9.17) is 4.74 Å². The van der Waals surface area contributed by atoms with Crippen LogP contribution >= 0.6 is 0 Å². The van der Waals surface area contributed by atoms with Gasteiger partial charge in [-0.15, -0.1) is 0 Å². The van der Waals surface area contributed by atoms with Crippen molar-refractivity contribution in [2.75, 3.05) is 33.1 Å². The number of hydrogen-bond acceptors (Lipinski definition) is 4. The highest BCUT2D eigenvalue weighted by Crippen LogP contribution is 2.23. The highest BCUT2D eigenvalue weighted by atomic mass is 16.5. The third-order valence-corrected chi connectivity index (χ3v) is 3.59. The fourth-order valence-corrected chi connectivity index (χ4v) is 2.23. The van der Waals surface area contributed by atoms with Gasteiger partial charge in [-0.3, -0.25) is 4.79 Å². The Balaban J connectivity index is 2.40. The minimum Gasteiger partial charge on any atom is -0.388 e. The summed E-state index contributed by atoms with van der Waals surface area (Å²) in [5, 5.41) is 4.13. The molecule has 1 unspecified atom stereocenters. The number of likely N-dealkylation sites (N-methyl/N-ethyl adjacent to an activating group) is 1. The molecule has 1 atom stereocenters. The summed E-state index contributed by atoms with van der Waals surface area (Å²) in [5.41, 5.74) is 2.14. The van der Waals surface area contributed by atoms with E-state index in [1.807, 2.05) is 38.2 Å². The average Bonchev–Trinajstić information content (AvgIpc) is 2.52. The second kappa shape index (κ2) is 6.54. The summed E-state index contributed by atoms with van der Waals surface area (Å²) in [6, 6.07) is 9.56. The van der Waals surface area contributed by atoms with Gasteiger partial charge in [0.2, 0.25) is 0 Å². The number of carbonyl (C=O) groups excluding carboxylic acids is 1. The molecule has 1 aromatic carbocycles. The SMILES string of the molecule is CNc1cc(C(=O)N(C)C(C)COC)nc2ccccc12. The number of fused-ring (bicyclic) bond motifs is 1. The second-order valence-electron chi connectivity index (χ2n) is 5.04. The van der Waals surface area contributed by atoms with Crippen LogP contribution in [0.1, 0.15) is 17.4 Å². The van der Waals surface area contributed by atoms with Crippen molar-refractivity contribution < 1.29 is 9.53 Å². The van der Waals surface area contributed by atoms with Crippen LogP contribution in [-0.2, 0) is 4.74 Å². The van der Waals surface area contributed by atoms with Crippen molar-refractivity contribution in [1.82, 2.24) is 9.88 Å². The van der Waals surface area contributed by atoms with Gasteiger partial charge >= 0.3 is 0 Å². The molecule has 0 aliphatic heterocycles. The molecular weight excluding hydrogens is 266 g/mol. The zero-order chi connectivity index (χ0) is 15.4. The molecule has 2 aromatic rings. The van der Waals surface area contributed by atoms with Crippen LogP contribution in [0.4, 0.5) is 5.69 Å². The number of methoxy groups -OCH3 is 1. The summed E-state index contributed by atoms with van der Waals surface area (Å²) < 4.78 is 5.10. The maximum absolute atomic E-state index is 12.6. The molecule has 0 fully saturated rings. The van der Waals surface area contributed by atoms with Gasteiger partial charge in [0.15, 0.2) is 0 Å². The molecule has 1 amide bonds. The monoisotopic (exact) mass is 287 g/mol. The lowest BCUT2D eigenvalue weighted by Gasteiger charge is -2.24. The number of pyridine rings is 1. The number of ether oxygens (including phenoxy) is 1. The first kappa shape index (κ1) is 15.3. The summed E-state index contributed by atoms with van der Waals surface area (Å²) in [6.07, 6.45) is 0. The molecule has 1 aromatic heterocycles. The van der Waals surface area contributed by atoms with E-state index in [-0.39, 0.29) is 11.9 Å². The molecule has 0 radical (unpaired) electrons. The molecular formula is C16H21N3O2. The van der Waals surface area contributed by atoms with Crippen LogP contribution in [0, 0.1) is 0 Å². The molecule has 5 nitrogen and oxygen atoms in total. The third-order valence-electron chi connectivity index (χ3n) is 3.59. The quantitative estimate of drug-likeness (QED) is 0.917. The van der Waals surface area contributed by atoms with E-state index in [1.165, 1.54) is 0 Å². The first-order valence-electron chi connectivity index (χ1n) is 6.92. The Bertz CT molecular complexity index is 642. The lowest BCUT2D eigenvalue weighted by Crippen LogP contribution is -2.38. The van der Waals surface area contributed by atoms with E-state index < -0.39 is 0 Å². The van der Waals surface area contributed by atoms with Crippen molar-refractivity contribution in [2.45, 2.75) is 13.0 Å². The zero-order valence-corrected chi connectivity index (χ0v) is 12.9. The molecule has 5 heteroatoms. The average molecular weight is 287 g/mol. The van der Waals surface area contributed by atoms with Crippen molar-refractivity contribution in [3.8, 4) is 0 Å². The number of anilines is 1. The molecule has 21 heavy (non-hydrogen) atoms. The predicted octanol–water partition coefficient (Wildman–Crippen LogP) is 2.38. The zero-order valence-electron chi connectivity index (χ0n) is 12.9. The summed E-state index contributed by atoms with van der Waals surface area (Å²) in [6.45, 7) is 2.44. The maximum Gasteiger partial charge on any atom is 0.272 e. The Morgan fingerprint density at radius 3 is 2.81 bits per heavy atom. The smallest absolute Gasteiger partial charge is 0.272 e. The molecule has 0 saturated heterocycles. The summed E-state index contributed by atoms with van der Waals surface area (Å²) in [7, 11) is 5.23. The third kappa shape index (κ3) is 3.13. The minimum absolute atomic E-state index is 0.00574. The van der Waals surface area contributed by atoms with Crippen molar-refractivity contribution in [1.29, 1.82) is 0 Å². The number of para-hydroxylation sites is 1. The summed E-state index contributed by atoms with van der Waals surface area (Å²) >= 11 is 0. The van der Waals surface area contributed by atoms with Gasteiger partial charge < -0.3 is 15.0 Å². The van der Waals surface area contributed by atoms with Crippen molar-refractivity contribution >= 4 is 22.5 Å². The second-order valence-corrected chi connectivity index (χ2v) is 5.04. The fourth-order valence-electron chi connectivity index (χ4n) is 2.23. The highest BCUT2D eigenvalue weighted by molar-refractivity contribution is 5.99. The molecule has 0 saturated carbocycles. The van der Waals surface area contributed by atoms with Gasteiger partial charge in [0.25, 0.3) is 5.91 Å². The van der Waals surface area contributed by atoms with E-state index in [9.17, 15) is 4.79 Å². The molecule has 2 rings (SSSR count). The van der Waals surface area contributed by atoms with E-state index in [2.05, 4.69) is 10.3 Å². The minimum atomic E-state index is -0.109. The topological polar surface area (TPSA) is 54.5 Å². The molecule has 0 spiro atoms. The van der Waals surface area contributed by atoms with E-state index in [1.54, 1.807) is 25.1 Å². The Hall–Kier alpha value is -2.14. The van der Waals surface area contributed by atoms with Gasteiger partial charge in [0.1, 0.15) is 5.69 Å². The summed E-state index contributed by atoms with van der Waals surface area (Å²) in [5.74, 6) is -0.109. The number of hydrogen-bond donors (Lipinski definition) is 1.